The molecule has 3 heterocycles. The SMILES string of the molecule is COc1ccc2c(OC3CC4C(=O)NC5(C(=O)NS(=O)(=O)C6CC6)CC5C=CC(C)CCCC(C)C(NC(=O)OC(C)(C)C)C(=O)N4C3)ncc(OC)c2c1. The molecule has 2 aromatic rings. The summed E-state index contributed by atoms with van der Waals surface area (Å²) in [5, 5.41) is 6.35. The lowest BCUT2D eigenvalue weighted by molar-refractivity contribution is -0.142. The van der Waals surface area contributed by atoms with Crippen molar-refractivity contribution in [3.05, 3.63) is 36.5 Å². The van der Waals surface area contributed by atoms with Gasteiger partial charge in [-0.3, -0.25) is 19.1 Å². The average molecular weight is 784 g/mol. The minimum Gasteiger partial charge on any atom is -0.497 e. The molecule has 16 heteroatoms. The molecule has 7 unspecified atom stereocenters. The van der Waals surface area contributed by atoms with Gasteiger partial charge in [-0.05, 0) is 82.9 Å². The second-order valence-corrected chi connectivity index (χ2v) is 18.3. The van der Waals surface area contributed by atoms with Gasteiger partial charge >= 0.3 is 6.09 Å². The van der Waals surface area contributed by atoms with E-state index in [0.717, 1.165) is 12.8 Å². The number of hydrogen-bond acceptors (Lipinski definition) is 11. The van der Waals surface area contributed by atoms with E-state index in [1.165, 1.54) is 18.2 Å². The van der Waals surface area contributed by atoms with Gasteiger partial charge in [0.2, 0.25) is 27.7 Å². The Morgan fingerprint density at radius 3 is 2.44 bits per heavy atom. The Balaban J connectivity index is 1.35. The predicted octanol–water partition coefficient (Wildman–Crippen LogP) is 3.99. The molecule has 0 spiro atoms. The molecule has 4 aliphatic rings. The summed E-state index contributed by atoms with van der Waals surface area (Å²) in [5.74, 6) is -1.31. The molecular weight excluding hydrogens is 731 g/mol. The van der Waals surface area contributed by atoms with Crippen molar-refractivity contribution in [3.63, 3.8) is 0 Å². The maximum atomic E-state index is 14.7. The van der Waals surface area contributed by atoms with Crippen LogP contribution in [-0.4, -0.2) is 97.5 Å². The highest BCUT2D eigenvalue weighted by molar-refractivity contribution is 7.91. The van der Waals surface area contributed by atoms with Gasteiger partial charge in [0.1, 0.15) is 40.8 Å². The predicted molar refractivity (Wildman–Crippen MR) is 203 cm³/mol. The molecule has 15 nitrogen and oxygen atoms in total. The highest BCUT2D eigenvalue weighted by Crippen LogP contribution is 2.46. The first-order chi connectivity index (χ1) is 25.9. The van der Waals surface area contributed by atoms with Gasteiger partial charge < -0.3 is 34.5 Å². The van der Waals surface area contributed by atoms with Crippen LogP contribution in [0, 0.1) is 17.8 Å². The van der Waals surface area contributed by atoms with Crippen LogP contribution in [0.2, 0.25) is 0 Å². The number of hydrogen-bond donors (Lipinski definition) is 3. The van der Waals surface area contributed by atoms with Crippen LogP contribution in [0.15, 0.2) is 36.5 Å². The van der Waals surface area contributed by atoms with Crippen LogP contribution in [0.1, 0.15) is 79.6 Å². The van der Waals surface area contributed by atoms with Crippen LogP contribution in [0.25, 0.3) is 10.8 Å². The lowest BCUT2D eigenvalue weighted by Crippen LogP contribution is -2.59. The molecule has 1 saturated heterocycles. The normalized spacial score (nSPS) is 28.8. The number of allylic oxidation sites excluding steroid dienone is 1. The van der Waals surface area contributed by atoms with E-state index in [1.807, 2.05) is 26.0 Å². The first-order valence-electron chi connectivity index (χ1n) is 19.0. The zero-order valence-corrected chi connectivity index (χ0v) is 33.4. The lowest BCUT2D eigenvalue weighted by Gasteiger charge is -2.32. The standard InChI is InChI=1S/C39H53N5O10S/c1-22-9-8-10-23(2)32(41-37(48)54-38(3,4)5)35(46)44-21-26(53-34-28-16-13-25(51-6)17-29(28)31(52-7)20-40-34)18-30(44)33(45)42-39(19-24(39)12-11-22)36(47)43-55(49,50)27-14-15-27/h11-13,16-17,20,22-24,26-27,30,32H,8-10,14-15,18-19,21H2,1-7H3,(H,41,48)(H,42,45)(H,43,47). The molecule has 4 amide bonds. The number of benzene rings is 1. The molecule has 2 aliphatic heterocycles. The first-order valence-corrected chi connectivity index (χ1v) is 20.5. The van der Waals surface area contributed by atoms with Gasteiger partial charge in [0.25, 0.3) is 5.91 Å². The largest absolute Gasteiger partial charge is 0.497 e. The minimum absolute atomic E-state index is 0.0199. The van der Waals surface area contributed by atoms with Gasteiger partial charge in [-0.2, -0.15) is 0 Å². The van der Waals surface area contributed by atoms with Crippen molar-refractivity contribution in [2.75, 3.05) is 20.8 Å². The zero-order valence-electron chi connectivity index (χ0n) is 32.5. The first kappa shape index (κ1) is 40.1. The van der Waals surface area contributed by atoms with Crippen molar-refractivity contribution in [3.8, 4) is 17.4 Å². The molecule has 3 fully saturated rings. The van der Waals surface area contributed by atoms with E-state index in [0.29, 0.717) is 41.5 Å². The van der Waals surface area contributed by atoms with Gasteiger partial charge in [-0.25, -0.2) is 18.2 Å². The molecule has 300 valence electrons. The van der Waals surface area contributed by atoms with E-state index >= 15 is 0 Å². The minimum atomic E-state index is -3.91. The number of nitrogens with zero attached hydrogens (tertiary/aromatic N) is 2. The van der Waals surface area contributed by atoms with Crippen molar-refractivity contribution in [1.82, 2.24) is 25.2 Å². The van der Waals surface area contributed by atoms with Crippen LogP contribution in [0.5, 0.6) is 17.4 Å². The molecule has 0 radical (unpaired) electrons. The van der Waals surface area contributed by atoms with Gasteiger partial charge in [0.05, 0.1) is 32.2 Å². The summed E-state index contributed by atoms with van der Waals surface area (Å²) in [6.45, 7) is 9.06. The smallest absolute Gasteiger partial charge is 0.408 e. The van der Waals surface area contributed by atoms with E-state index in [4.69, 9.17) is 18.9 Å². The van der Waals surface area contributed by atoms with Crippen molar-refractivity contribution in [2.24, 2.45) is 17.8 Å². The second kappa shape index (κ2) is 15.5. The fourth-order valence-corrected chi connectivity index (χ4v) is 8.83. The number of fused-ring (bicyclic) bond motifs is 3. The fourth-order valence-electron chi connectivity index (χ4n) is 7.46. The Morgan fingerprint density at radius 1 is 1.02 bits per heavy atom. The van der Waals surface area contributed by atoms with E-state index < -0.39 is 74.3 Å². The number of nitrogens with one attached hydrogen (secondary N) is 3. The number of ether oxygens (including phenoxy) is 4. The molecule has 0 bridgehead atoms. The molecule has 6 rings (SSSR count). The van der Waals surface area contributed by atoms with Crippen LogP contribution < -0.4 is 29.6 Å². The van der Waals surface area contributed by atoms with Gasteiger partial charge in [0.15, 0.2) is 0 Å². The maximum Gasteiger partial charge on any atom is 0.408 e. The monoisotopic (exact) mass is 783 g/mol. The summed E-state index contributed by atoms with van der Waals surface area (Å²) >= 11 is 0. The third kappa shape index (κ3) is 8.94. The van der Waals surface area contributed by atoms with Crippen LogP contribution in [0.4, 0.5) is 4.79 Å². The maximum absolute atomic E-state index is 14.7. The molecule has 55 heavy (non-hydrogen) atoms. The van der Waals surface area contributed by atoms with E-state index in [1.54, 1.807) is 46.1 Å². The number of pyridine rings is 1. The summed E-state index contributed by atoms with van der Waals surface area (Å²) in [6, 6.07) is 3.14. The number of carbonyl (C=O) groups excluding carboxylic acids is 4. The summed E-state index contributed by atoms with van der Waals surface area (Å²) in [7, 11) is -0.828. The van der Waals surface area contributed by atoms with E-state index in [2.05, 4.69) is 20.3 Å². The molecule has 1 aromatic heterocycles. The second-order valence-electron chi connectivity index (χ2n) is 16.4. The molecule has 2 saturated carbocycles. The van der Waals surface area contributed by atoms with Crippen molar-refractivity contribution < 1.29 is 46.5 Å². The molecule has 7 atom stereocenters. The van der Waals surface area contributed by atoms with Gasteiger partial charge in [0, 0.05) is 23.1 Å². The number of methoxy groups -OCH3 is 2. The number of sulfonamides is 1. The van der Waals surface area contributed by atoms with Crippen molar-refractivity contribution in [2.45, 2.75) is 114 Å². The quantitative estimate of drug-likeness (QED) is 0.328. The summed E-state index contributed by atoms with van der Waals surface area (Å²) in [4.78, 5) is 62.1. The lowest BCUT2D eigenvalue weighted by atomic mass is 9.92. The Labute approximate surface area is 322 Å². The Kier molecular flexibility index (Phi) is 11.3. The van der Waals surface area contributed by atoms with Gasteiger partial charge in [-0.1, -0.05) is 32.4 Å². The number of alkyl carbamates (subject to hydrolysis) is 1. The van der Waals surface area contributed by atoms with Crippen LogP contribution in [-0.2, 0) is 29.1 Å². The average Bonchev–Trinajstić information content (AvgIpc) is 4.05. The summed E-state index contributed by atoms with van der Waals surface area (Å²) in [5.41, 5.74) is -2.36. The summed E-state index contributed by atoms with van der Waals surface area (Å²) < 4.78 is 51.0. The number of carbonyl (C=O) groups is 4. The fraction of sp³-hybridized carbons (Fsp3) is 0.615. The van der Waals surface area contributed by atoms with E-state index in [9.17, 15) is 27.6 Å². The van der Waals surface area contributed by atoms with Crippen molar-refractivity contribution >= 4 is 44.6 Å². The number of aromatic nitrogens is 1. The molecule has 1 aromatic carbocycles. The topological polar surface area (TPSA) is 192 Å². The van der Waals surface area contributed by atoms with E-state index in [-0.39, 0.29) is 37.1 Å². The Bertz CT molecular complexity index is 1960. The van der Waals surface area contributed by atoms with Crippen molar-refractivity contribution in [1.29, 1.82) is 0 Å². The summed E-state index contributed by atoms with van der Waals surface area (Å²) in [6.07, 6.45) is 7.11. The zero-order chi connectivity index (χ0) is 39.9. The molecule has 2 aliphatic carbocycles. The third-order valence-electron chi connectivity index (χ3n) is 10.8. The molecular formula is C39H53N5O10S. The highest BCUT2D eigenvalue weighted by atomic mass is 32.2. The number of amides is 4. The highest BCUT2D eigenvalue weighted by Gasteiger charge is 2.62. The van der Waals surface area contributed by atoms with Gasteiger partial charge in [-0.15, -0.1) is 0 Å². The Morgan fingerprint density at radius 2 is 1.76 bits per heavy atom. The Hall–Kier alpha value is -4.60. The van der Waals surface area contributed by atoms with Crippen LogP contribution in [0.3, 0.4) is 0 Å². The third-order valence-corrected chi connectivity index (χ3v) is 12.6. The molecule has 3 N–H and O–H groups in total. The van der Waals surface area contributed by atoms with Crippen LogP contribution >= 0.6 is 0 Å². The number of rotatable bonds is 8.